The van der Waals surface area contributed by atoms with Crippen LogP contribution < -0.4 is 4.74 Å². The zero-order valence-electron chi connectivity index (χ0n) is 17.6. The zero-order valence-corrected chi connectivity index (χ0v) is 18.4. The molecule has 1 fully saturated rings. The van der Waals surface area contributed by atoms with Crippen LogP contribution in [0.4, 0.5) is 4.39 Å². The van der Waals surface area contributed by atoms with E-state index in [1.165, 1.54) is 28.6 Å². The third-order valence-electron chi connectivity index (χ3n) is 5.44. The minimum absolute atomic E-state index is 0.192. The van der Waals surface area contributed by atoms with Gasteiger partial charge in [0, 0.05) is 32.6 Å². The highest BCUT2D eigenvalue weighted by Gasteiger charge is 2.36. The maximum atomic E-state index is 13.1. The number of piperazine rings is 1. The summed E-state index contributed by atoms with van der Waals surface area (Å²) in [4.78, 5) is 19.9. The molecule has 8 nitrogen and oxygen atoms in total. The molecule has 0 radical (unpaired) electrons. The largest absolute Gasteiger partial charge is 0.494 e. The Kier molecular flexibility index (Phi) is 6.43. The summed E-state index contributed by atoms with van der Waals surface area (Å²) >= 11 is 0. The Labute approximate surface area is 186 Å². The summed E-state index contributed by atoms with van der Waals surface area (Å²) in [5, 5.41) is 3.98. The van der Waals surface area contributed by atoms with Gasteiger partial charge in [-0.05, 0) is 48.9 Å². The molecule has 0 saturated carbocycles. The number of oxime groups is 1. The van der Waals surface area contributed by atoms with Gasteiger partial charge in [-0.25, -0.2) is 12.8 Å². The first-order valence-electron chi connectivity index (χ1n) is 10.4. The van der Waals surface area contributed by atoms with Crippen LogP contribution in [-0.2, 0) is 19.7 Å². The maximum absolute atomic E-state index is 13.1. The van der Waals surface area contributed by atoms with Crippen LogP contribution in [0.15, 0.2) is 58.6 Å². The molecular formula is C22H24FN3O5S. The zero-order chi connectivity index (χ0) is 22.7. The highest BCUT2D eigenvalue weighted by molar-refractivity contribution is 7.89. The summed E-state index contributed by atoms with van der Waals surface area (Å²) in [6.45, 7) is 3.28. The van der Waals surface area contributed by atoms with Crippen LogP contribution in [0.1, 0.15) is 18.9 Å². The van der Waals surface area contributed by atoms with Crippen LogP contribution in [0.5, 0.6) is 5.75 Å². The lowest BCUT2D eigenvalue weighted by Crippen LogP contribution is -2.52. The second-order valence-corrected chi connectivity index (χ2v) is 9.41. The van der Waals surface area contributed by atoms with Crippen molar-refractivity contribution in [3.05, 3.63) is 59.9 Å². The monoisotopic (exact) mass is 461 g/mol. The third kappa shape index (κ3) is 4.61. The van der Waals surface area contributed by atoms with Crippen LogP contribution in [0.2, 0.25) is 0 Å². The summed E-state index contributed by atoms with van der Waals surface area (Å²) in [5.41, 5.74) is 1.29. The number of halogens is 1. The van der Waals surface area contributed by atoms with Crippen LogP contribution in [0.3, 0.4) is 0 Å². The van der Waals surface area contributed by atoms with E-state index in [1.54, 1.807) is 29.2 Å². The fourth-order valence-electron chi connectivity index (χ4n) is 3.70. The van der Waals surface area contributed by atoms with Gasteiger partial charge in [0.25, 0.3) is 5.91 Å². The summed E-state index contributed by atoms with van der Waals surface area (Å²) in [6.07, 6.45) is -0.473. The number of carbonyl (C=O) groups excluding carboxylic acids is 1. The SMILES string of the molecule is CCOc1ccc(S(=O)(=O)N2CCN(C(=O)C3CC(c4ccc(F)cc4)=NO3)CC2)cc1. The Morgan fingerprint density at radius 1 is 1.09 bits per heavy atom. The summed E-state index contributed by atoms with van der Waals surface area (Å²) in [5.74, 6) is 0.0311. The van der Waals surface area contributed by atoms with Crippen LogP contribution in [0, 0.1) is 5.82 Å². The van der Waals surface area contributed by atoms with Gasteiger partial charge >= 0.3 is 0 Å². The molecule has 1 atom stereocenters. The molecule has 0 spiro atoms. The van der Waals surface area contributed by atoms with E-state index in [1.807, 2.05) is 6.92 Å². The van der Waals surface area contributed by atoms with Gasteiger partial charge in [0.2, 0.25) is 16.1 Å². The summed E-state index contributed by atoms with van der Waals surface area (Å²) in [7, 11) is -3.65. The lowest BCUT2D eigenvalue weighted by molar-refractivity contribution is -0.143. The number of hydrogen-bond donors (Lipinski definition) is 0. The number of ether oxygens (including phenoxy) is 1. The number of nitrogens with zero attached hydrogens (tertiary/aromatic N) is 3. The Hall–Kier alpha value is -2.98. The topological polar surface area (TPSA) is 88.5 Å². The molecule has 2 heterocycles. The predicted octanol–water partition coefficient (Wildman–Crippen LogP) is 2.25. The van der Waals surface area contributed by atoms with Gasteiger partial charge in [0.1, 0.15) is 11.6 Å². The maximum Gasteiger partial charge on any atom is 0.266 e. The average molecular weight is 462 g/mol. The molecule has 2 aliphatic rings. The summed E-state index contributed by atoms with van der Waals surface area (Å²) in [6, 6.07) is 12.2. The van der Waals surface area contributed by atoms with Gasteiger partial charge in [0.05, 0.1) is 17.2 Å². The number of benzene rings is 2. The number of rotatable bonds is 6. The van der Waals surface area contributed by atoms with Crippen molar-refractivity contribution in [3.63, 3.8) is 0 Å². The minimum atomic E-state index is -3.65. The lowest BCUT2D eigenvalue weighted by Gasteiger charge is -2.34. The quantitative estimate of drug-likeness (QED) is 0.659. The number of carbonyl (C=O) groups is 1. The fraction of sp³-hybridized carbons (Fsp3) is 0.364. The van der Waals surface area contributed by atoms with E-state index in [9.17, 15) is 17.6 Å². The minimum Gasteiger partial charge on any atom is -0.494 e. The first-order valence-corrected chi connectivity index (χ1v) is 11.8. The van der Waals surface area contributed by atoms with Crippen molar-refractivity contribution in [2.75, 3.05) is 32.8 Å². The lowest BCUT2D eigenvalue weighted by atomic mass is 10.0. The van der Waals surface area contributed by atoms with Gasteiger partial charge < -0.3 is 14.5 Å². The van der Waals surface area contributed by atoms with Crippen LogP contribution in [0.25, 0.3) is 0 Å². The second kappa shape index (κ2) is 9.25. The Bertz CT molecular complexity index is 1100. The number of sulfonamides is 1. The van der Waals surface area contributed by atoms with Crippen molar-refractivity contribution in [3.8, 4) is 5.75 Å². The van der Waals surface area contributed by atoms with Crippen molar-refractivity contribution in [1.82, 2.24) is 9.21 Å². The number of hydrogen-bond acceptors (Lipinski definition) is 6. The average Bonchev–Trinajstić information content (AvgIpc) is 3.30. The van der Waals surface area contributed by atoms with Gasteiger partial charge in [-0.2, -0.15) is 4.31 Å². The number of amides is 1. The van der Waals surface area contributed by atoms with Crippen molar-refractivity contribution in [2.45, 2.75) is 24.3 Å². The smallest absolute Gasteiger partial charge is 0.266 e. The highest BCUT2D eigenvalue weighted by Crippen LogP contribution is 2.23. The molecule has 0 N–H and O–H groups in total. The Morgan fingerprint density at radius 3 is 2.38 bits per heavy atom. The molecule has 2 aromatic rings. The van der Waals surface area contributed by atoms with Crippen LogP contribution >= 0.6 is 0 Å². The van der Waals surface area contributed by atoms with Crippen molar-refractivity contribution in [1.29, 1.82) is 0 Å². The molecule has 0 aromatic heterocycles. The normalized spacial score (nSPS) is 19.4. The molecule has 1 saturated heterocycles. The first-order chi connectivity index (χ1) is 15.4. The molecule has 2 aliphatic heterocycles. The molecule has 2 aromatic carbocycles. The predicted molar refractivity (Wildman–Crippen MR) is 115 cm³/mol. The van der Waals surface area contributed by atoms with Gasteiger partial charge in [-0.1, -0.05) is 17.3 Å². The van der Waals surface area contributed by atoms with Gasteiger partial charge in [-0.3, -0.25) is 4.79 Å². The van der Waals surface area contributed by atoms with E-state index >= 15 is 0 Å². The molecule has 0 aliphatic carbocycles. The van der Waals surface area contributed by atoms with Crippen LogP contribution in [-0.4, -0.2) is 68.1 Å². The summed E-state index contributed by atoms with van der Waals surface area (Å²) < 4.78 is 45.7. The van der Waals surface area contributed by atoms with E-state index in [-0.39, 0.29) is 49.2 Å². The van der Waals surface area contributed by atoms with Gasteiger partial charge in [0.15, 0.2) is 0 Å². The third-order valence-corrected chi connectivity index (χ3v) is 7.36. The molecule has 1 unspecified atom stereocenters. The fourth-order valence-corrected chi connectivity index (χ4v) is 5.12. The van der Waals surface area contributed by atoms with Gasteiger partial charge in [-0.15, -0.1) is 0 Å². The standard InChI is InChI=1S/C22H24FN3O5S/c1-2-30-18-7-9-19(10-8-18)32(28,29)26-13-11-25(12-14-26)22(27)21-15-20(24-31-21)16-3-5-17(23)6-4-16/h3-10,21H,2,11-15H2,1H3. The first kappa shape index (κ1) is 22.2. The van der Waals surface area contributed by atoms with E-state index in [2.05, 4.69) is 5.16 Å². The molecule has 0 bridgehead atoms. The molecule has 4 rings (SSSR count). The van der Waals surface area contributed by atoms with Crippen molar-refractivity contribution in [2.24, 2.45) is 5.16 Å². The Balaban J connectivity index is 1.33. The molecule has 10 heteroatoms. The second-order valence-electron chi connectivity index (χ2n) is 7.48. The highest BCUT2D eigenvalue weighted by atomic mass is 32.2. The van der Waals surface area contributed by atoms with Crippen molar-refractivity contribution >= 4 is 21.6 Å². The molecular weight excluding hydrogens is 437 g/mol. The molecule has 32 heavy (non-hydrogen) atoms. The molecule has 170 valence electrons. The van der Waals surface area contributed by atoms with E-state index < -0.39 is 16.1 Å². The molecule has 1 amide bonds. The Morgan fingerprint density at radius 2 is 1.75 bits per heavy atom. The van der Waals surface area contributed by atoms with E-state index in [0.29, 0.717) is 23.6 Å². The van der Waals surface area contributed by atoms with E-state index in [0.717, 1.165) is 0 Å². The van der Waals surface area contributed by atoms with Crippen molar-refractivity contribution < 1.29 is 27.2 Å². The van der Waals surface area contributed by atoms with E-state index in [4.69, 9.17) is 9.57 Å².